The van der Waals surface area contributed by atoms with Gasteiger partial charge in [-0.15, -0.1) is 0 Å². The van der Waals surface area contributed by atoms with Crippen molar-refractivity contribution in [3.63, 3.8) is 0 Å². The zero-order valence-electron chi connectivity index (χ0n) is 6.30. The maximum atomic E-state index is 5.95. The molecule has 1 aliphatic carbocycles. The third-order valence-corrected chi connectivity index (χ3v) is 2.36. The lowest BCUT2D eigenvalue weighted by atomic mass is 10.0. The molecule has 1 nitrogen and oxygen atoms in total. The molecule has 0 saturated heterocycles. The summed E-state index contributed by atoms with van der Waals surface area (Å²) in [6.07, 6.45) is 6.03. The summed E-state index contributed by atoms with van der Waals surface area (Å²) in [6.45, 7) is 0. The molecule has 0 N–H and O–H groups in total. The van der Waals surface area contributed by atoms with Gasteiger partial charge in [0, 0.05) is 12.6 Å². The molecular weight excluding hydrogens is 193 g/mol. The fraction of sp³-hybridized carbons (Fsp3) is 0.222. The molecule has 12 heavy (non-hydrogen) atoms. The summed E-state index contributed by atoms with van der Waals surface area (Å²) < 4.78 is -0.754. The first-order chi connectivity index (χ1) is 5.67. The second kappa shape index (κ2) is 2.75. The van der Waals surface area contributed by atoms with Crippen LogP contribution in [0.2, 0.25) is 0 Å². The highest BCUT2D eigenvalue weighted by molar-refractivity contribution is 6.50. The van der Waals surface area contributed by atoms with Gasteiger partial charge in [0.1, 0.15) is 4.33 Å². The number of pyridine rings is 1. The Morgan fingerprint density at radius 1 is 1.42 bits per heavy atom. The van der Waals surface area contributed by atoms with Gasteiger partial charge in [0.25, 0.3) is 0 Å². The van der Waals surface area contributed by atoms with E-state index in [4.69, 9.17) is 23.2 Å². The normalized spacial score (nSPS) is 18.8. The Morgan fingerprint density at radius 2 is 2.25 bits per heavy atom. The van der Waals surface area contributed by atoms with Crippen LogP contribution >= 0.6 is 23.2 Å². The third-order valence-electron chi connectivity index (χ3n) is 1.84. The van der Waals surface area contributed by atoms with Crippen molar-refractivity contribution in [1.82, 2.24) is 4.98 Å². The highest BCUT2D eigenvalue weighted by Crippen LogP contribution is 2.33. The summed E-state index contributed by atoms with van der Waals surface area (Å²) in [4.78, 5) is 4.18. The summed E-state index contributed by atoms with van der Waals surface area (Å²) in [6, 6.07) is 3.88. The van der Waals surface area contributed by atoms with Gasteiger partial charge in [-0.25, -0.2) is 0 Å². The number of nitrogens with zero attached hydrogens (tertiary/aromatic N) is 1. The van der Waals surface area contributed by atoms with E-state index in [1.807, 2.05) is 18.2 Å². The van der Waals surface area contributed by atoms with Crippen molar-refractivity contribution < 1.29 is 0 Å². The van der Waals surface area contributed by atoms with Crippen LogP contribution in [0.3, 0.4) is 0 Å². The van der Waals surface area contributed by atoms with Crippen molar-refractivity contribution in [3.8, 4) is 0 Å². The van der Waals surface area contributed by atoms with Crippen molar-refractivity contribution >= 4 is 29.3 Å². The van der Waals surface area contributed by atoms with Crippen molar-refractivity contribution in [2.75, 3.05) is 0 Å². The first-order valence-corrected chi connectivity index (χ1v) is 4.44. The van der Waals surface area contributed by atoms with Gasteiger partial charge < -0.3 is 0 Å². The van der Waals surface area contributed by atoms with Crippen LogP contribution in [0, 0.1) is 0 Å². The Kier molecular flexibility index (Phi) is 1.85. The molecule has 0 radical (unpaired) electrons. The fourth-order valence-corrected chi connectivity index (χ4v) is 1.68. The van der Waals surface area contributed by atoms with E-state index < -0.39 is 4.33 Å². The average molecular weight is 200 g/mol. The molecule has 1 aromatic rings. The van der Waals surface area contributed by atoms with E-state index in [-0.39, 0.29) is 0 Å². The quantitative estimate of drug-likeness (QED) is 0.586. The highest BCUT2D eigenvalue weighted by Gasteiger charge is 2.25. The molecule has 1 aliphatic rings. The lowest BCUT2D eigenvalue weighted by molar-refractivity contribution is 0.907. The van der Waals surface area contributed by atoms with Gasteiger partial charge in [-0.2, -0.15) is 0 Å². The molecule has 1 aromatic heterocycles. The van der Waals surface area contributed by atoms with Gasteiger partial charge in [-0.3, -0.25) is 4.98 Å². The average Bonchev–Trinajstić information content (AvgIpc) is 2.02. The summed E-state index contributed by atoms with van der Waals surface area (Å²) in [5.41, 5.74) is 2.07. The molecular formula is C9H7Cl2N. The summed E-state index contributed by atoms with van der Waals surface area (Å²) >= 11 is 11.9. The molecule has 0 fully saturated rings. The highest BCUT2D eigenvalue weighted by atomic mass is 35.5. The van der Waals surface area contributed by atoms with Crippen LogP contribution in [0.1, 0.15) is 11.3 Å². The Morgan fingerprint density at radius 3 is 3.08 bits per heavy atom. The van der Waals surface area contributed by atoms with Gasteiger partial charge in [-0.05, 0) is 23.8 Å². The predicted octanol–water partition coefficient (Wildman–Crippen LogP) is 2.82. The molecule has 1 heterocycles. The zero-order valence-corrected chi connectivity index (χ0v) is 7.81. The van der Waals surface area contributed by atoms with E-state index in [2.05, 4.69) is 4.98 Å². The van der Waals surface area contributed by atoms with E-state index in [0.29, 0.717) is 6.42 Å². The number of allylic oxidation sites excluding steroid dienone is 1. The largest absolute Gasteiger partial charge is 0.257 e. The van der Waals surface area contributed by atoms with Crippen LogP contribution in [-0.4, -0.2) is 9.32 Å². The summed E-state index contributed by atoms with van der Waals surface area (Å²) in [5.74, 6) is 0. The van der Waals surface area contributed by atoms with Crippen LogP contribution in [0.25, 0.3) is 6.08 Å². The molecule has 3 heteroatoms. The SMILES string of the molecule is ClC1(Cl)C=Cc2ncccc2C1. The molecule has 62 valence electrons. The van der Waals surface area contributed by atoms with Crippen LogP contribution in [0.5, 0.6) is 0 Å². The number of hydrogen-bond acceptors (Lipinski definition) is 1. The molecule has 0 bridgehead atoms. The molecule has 2 rings (SSSR count). The number of rotatable bonds is 0. The van der Waals surface area contributed by atoms with Crippen LogP contribution in [-0.2, 0) is 6.42 Å². The van der Waals surface area contributed by atoms with Gasteiger partial charge in [0.2, 0.25) is 0 Å². The van der Waals surface area contributed by atoms with Gasteiger partial charge in [-0.1, -0.05) is 29.3 Å². The molecule has 0 aliphatic heterocycles. The second-order valence-electron chi connectivity index (χ2n) is 2.82. The van der Waals surface area contributed by atoms with Gasteiger partial charge >= 0.3 is 0 Å². The number of alkyl halides is 2. The van der Waals surface area contributed by atoms with Gasteiger partial charge in [0.15, 0.2) is 0 Å². The maximum absolute atomic E-state index is 5.95. The molecule has 0 aromatic carbocycles. The topological polar surface area (TPSA) is 12.9 Å². The monoisotopic (exact) mass is 199 g/mol. The van der Waals surface area contributed by atoms with Crippen molar-refractivity contribution in [2.24, 2.45) is 0 Å². The number of hydrogen-bond donors (Lipinski definition) is 0. The van der Waals surface area contributed by atoms with Crippen LogP contribution in [0.4, 0.5) is 0 Å². The Labute approximate surface area is 81.0 Å². The van der Waals surface area contributed by atoms with Crippen LogP contribution in [0.15, 0.2) is 24.4 Å². The molecule has 0 amide bonds. The Bertz CT molecular complexity index is 331. The van der Waals surface area contributed by atoms with Crippen molar-refractivity contribution in [3.05, 3.63) is 35.7 Å². The third kappa shape index (κ3) is 1.47. The van der Waals surface area contributed by atoms with E-state index in [9.17, 15) is 0 Å². The van der Waals surface area contributed by atoms with E-state index in [1.54, 1.807) is 12.3 Å². The van der Waals surface area contributed by atoms with E-state index >= 15 is 0 Å². The molecule has 0 saturated carbocycles. The van der Waals surface area contributed by atoms with E-state index in [1.165, 1.54) is 0 Å². The smallest absolute Gasteiger partial charge is 0.140 e. The first-order valence-electron chi connectivity index (χ1n) is 3.68. The van der Waals surface area contributed by atoms with E-state index in [0.717, 1.165) is 11.3 Å². The standard InChI is InChI=1S/C9H7Cl2N/c10-9(11)4-3-8-7(6-9)2-1-5-12-8/h1-5H,6H2. The Balaban J connectivity index is 2.46. The minimum atomic E-state index is -0.754. The maximum Gasteiger partial charge on any atom is 0.140 e. The van der Waals surface area contributed by atoms with Gasteiger partial charge in [0.05, 0.1) is 5.69 Å². The summed E-state index contributed by atoms with van der Waals surface area (Å²) in [5, 5.41) is 0. The zero-order chi connectivity index (χ0) is 8.60. The number of aromatic nitrogens is 1. The molecule has 0 unspecified atom stereocenters. The van der Waals surface area contributed by atoms with Crippen LogP contribution < -0.4 is 0 Å². The number of fused-ring (bicyclic) bond motifs is 1. The fourth-order valence-electron chi connectivity index (χ4n) is 1.26. The number of halogens is 2. The lowest BCUT2D eigenvalue weighted by Crippen LogP contribution is -2.17. The minimum Gasteiger partial charge on any atom is -0.257 e. The van der Waals surface area contributed by atoms with Crippen molar-refractivity contribution in [2.45, 2.75) is 10.8 Å². The first kappa shape index (κ1) is 8.09. The molecule has 0 spiro atoms. The summed E-state index contributed by atoms with van der Waals surface area (Å²) in [7, 11) is 0. The minimum absolute atomic E-state index is 0.635. The van der Waals surface area contributed by atoms with Crippen molar-refractivity contribution in [1.29, 1.82) is 0 Å². The predicted molar refractivity (Wildman–Crippen MR) is 51.4 cm³/mol. The lowest BCUT2D eigenvalue weighted by Gasteiger charge is -2.20. The Hall–Kier alpha value is -0.530. The second-order valence-corrected chi connectivity index (χ2v) is 4.36. The molecule has 0 atom stereocenters.